The lowest BCUT2D eigenvalue weighted by Gasteiger charge is -2.42. The average molecular weight is 488 g/mol. The van der Waals surface area contributed by atoms with Gasteiger partial charge in [-0.25, -0.2) is 0 Å². The Morgan fingerprint density at radius 1 is 1.23 bits per heavy atom. The van der Waals surface area contributed by atoms with Gasteiger partial charge in [0.05, 0.1) is 29.4 Å². The number of amides is 1. The Balaban J connectivity index is 1.51. The summed E-state index contributed by atoms with van der Waals surface area (Å²) in [6, 6.07) is 12.5. The fourth-order valence-electron chi connectivity index (χ4n) is 5.36. The smallest absolute Gasteiger partial charge is 0.417 e. The molecule has 0 saturated carbocycles. The number of hydrogen-bond donors (Lipinski definition) is 1. The van der Waals surface area contributed by atoms with Crippen molar-refractivity contribution < 1.29 is 27.8 Å². The van der Waals surface area contributed by atoms with Crippen LogP contribution in [0, 0.1) is 22.7 Å². The van der Waals surface area contributed by atoms with Crippen LogP contribution >= 0.6 is 0 Å². The Kier molecular flexibility index (Phi) is 6.95. The van der Waals surface area contributed by atoms with Crippen LogP contribution in [0.25, 0.3) is 0 Å². The van der Waals surface area contributed by atoms with E-state index in [0.29, 0.717) is 62.6 Å². The molecule has 2 aliphatic heterocycles. The molecule has 2 aromatic rings. The first-order chi connectivity index (χ1) is 16.7. The summed E-state index contributed by atoms with van der Waals surface area (Å²) in [6.45, 7) is 4.11. The minimum Gasteiger partial charge on any atom is -0.493 e. The molecule has 2 aliphatic rings. The molecular formula is C26H28F3N3O3. The van der Waals surface area contributed by atoms with Crippen molar-refractivity contribution in [3.8, 4) is 11.8 Å². The molecule has 35 heavy (non-hydrogen) atoms. The second-order valence-electron chi connectivity index (χ2n) is 9.18. The highest BCUT2D eigenvalue weighted by Gasteiger charge is 2.48. The normalized spacial score (nSPS) is 19.6. The number of benzene rings is 2. The van der Waals surface area contributed by atoms with E-state index in [-0.39, 0.29) is 23.8 Å². The average Bonchev–Trinajstić information content (AvgIpc) is 3.21. The zero-order chi connectivity index (χ0) is 25.2. The second kappa shape index (κ2) is 9.78. The number of ether oxygens (including phenoxy) is 1. The minimum absolute atomic E-state index is 0.0833. The molecule has 2 aromatic carbocycles. The fraction of sp³-hybridized carbons (Fsp3) is 0.462. The lowest BCUT2D eigenvalue weighted by atomic mass is 9.71. The zero-order valence-electron chi connectivity index (χ0n) is 19.5. The molecule has 1 amide bonds. The number of para-hydroxylation sites is 1. The Morgan fingerprint density at radius 3 is 2.57 bits per heavy atom. The van der Waals surface area contributed by atoms with Crippen LogP contribution in [-0.2, 0) is 6.18 Å². The molecule has 0 radical (unpaired) electrons. The van der Waals surface area contributed by atoms with E-state index >= 15 is 0 Å². The zero-order valence-corrected chi connectivity index (χ0v) is 19.5. The number of carbonyl (C=O) groups excluding carboxylic acids is 1. The van der Waals surface area contributed by atoms with Crippen LogP contribution in [0.1, 0.15) is 41.3 Å². The maximum Gasteiger partial charge on any atom is 0.417 e. The third-order valence-corrected chi connectivity index (χ3v) is 7.29. The Bertz CT molecular complexity index is 1120. The lowest BCUT2D eigenvalue weighted by Crippen LogP contribution is -2.47. The van der Waals surface area contributed by atoms with Crippen molar-refractivity contribution in [1.82, 2.24) is 4.90 Å². The predicted octanol–water partition coefficient (Wildman–Crippen LogP) is 4.33. The van der Waals surface area contributed by atoms with Crippen LogP contribution in [0.4, 0.5) is 18.9 Å². The number of alkyl halides is 3. The highest BCUT2D eigenvalue weighted by molar-refractivity contribution is 5.97. The predicted molar refractivity (Wildman–Crippen MR) is 124 cm³/mol. The van der Waals surface area contributed by atoms with Crippen molar-refractivity contribution in [3.63, 3.8) is 0 Å². The third-order valence-electron chi connectivity index (χ3n) is 7.29. The van der Waals surface area contributed by atoms with Crippen molar-refractivity contribution in [2.45, 2.75) is 25.9 Å². The topological polar surface area (TPSA) is 76.8 Å². The number of anilines is 1. The first-order valence-corrected chi connectivity index (χ1v) is 11.7. The van der Waals surface area contributed by atoms with E-state index in [4.69, 9.17) is 10.00 Å². The van der Waals surface area contributed by atoms with Crippen LogP contribution in [0.5, 0.6) is 5.75 Å². The number of nitriles is 1. The van der Waals surface area contributed by atoms with Crippen molar-refractivity contribution in [2.75, 3.05) is 44.3 Å². The van der Waals surface area contributed by atoms with Crippen molar-refractivity contribution in [3.05, 3.63) is 59.2 Å². The summed E-state index contributed by atoms with van der Waals surface area (Å²) < 4.78 is 46.0. The Morgan fingerprint density at radius 2 is 1.94 bits per heavy atom. The van der Waals surface area contributed by atoms with Crippen LogP contribution in [0.15, 0.2) is 42.5 Å². The molecule has 0 aromatic heterocycles. The molecule has 9 heteroatoms. The molecule has 1 unspecified atom stereocenters. The van der Waals surface area contributed by atoms with Gasteiger partial charge >= 0.3 is 6.18 Å². The number of rotatable bonds is 5. The number of likely N-dealkylation sites (tertiary alicyclic amines) is 1. The number of carbonyl (C=O) groups is 1. The summed E-state index contributed by atoms with van der Waals surface area (Å²) in [4.78, 5) is 16.8. The highest BCUT2D eigenvalue weighted by atomic mass is 19.4. The molecule has 4 rings (SSSR count). The molecule has 0 bridgehead atoms. The minimum atomic E-state index is -4.63. The van der Waals surface area contributed by atoms with E-state index in [0.717, 1.165) is 6.07 Å². The van der Waals surface area contributed by atoms with E-state index in [2.05, 4.69) is 0 Å². The number of hydrogen-bond acceptors (Lipinski definition) is 5. The number of piperidine rings is 1. The Hall–Kier alpha value is -3.25. The van der Waals surface area contributed by atoms with Gasteiger partial charge in [-0.15, -0.1) is 0 Å². The summed E-state index contributed by atoms with van der Waals surface area (Å²) in [5, 5.41) is 19.2. The van der Waals surface area contributed by atoms with Gasteiger partial charge in [0.1, 0.15) is 5.75 Å². The quantitative estimate of drug-likeness (QED) is 0.680. The first-order valence-electron chi connectivity index (χ1n) is 11.7. The van der Waals surface area contributed by atoms with Crippen molar-refractivity contribution in [1.29, 1.82) is 5.26 Å². The maximum absolute atomic E-state index is 13.5. The molecule has 6 nitrogen and oxygen atoms in total. The van der Waals surface area contributed by atoms with Crippen LogP contribution < -0.4 is 9.64 Å². The Labute approximate surface area is 202 Å². The molecule has 1 atom stereocenters. The molecule has 1 spiro atoms. The van der Waals surface area contributed by atoms with Crippen molar-refractivity contribution >= 4 is 11.6 Å². The summed E-state index contributed by atoms with van der Waals surface area (Å²) in [5.74, 6) is 0.309. The fourth-order valence-corrected chi connectivity index (χ4v) is 5.36. The molecule has 2 fully saturated rings. The molecule has 1 N–H and O–H groups in total. The number of nitrogens with zero attached hydrogens (tertiary/aromatic N) is 3. The first kappa shape index (κ1) is 24.9. The molecule has 186 valence electrons. The van der Waals surface area contributed by atoms with Gasteiger partial charge < -0.3 is 19.6 Å². The third kappa shape index (κ3) is 4.80. The van der Waals surface area contributed by atoms with Gasteiger partial charge in [-0.1, -0.05) is 12.1 Å². The summed E-state index contributed by atoms with van der Waals surface area (Å²) in [6.07, 6.45) is -3.35. The van der Waals surface area contributed by atoms with Crippen molar-refractivity contribution in [2.24, 2.45) is 11.3 Å². The van der Waals surface area contributed by atoms with E-state index in [1.165, 1.54) is 12.1 Å². The summed E-state index contributed by atoms with van der Waals surface area (Å²) in [5.41, 5.74) is -0.775. The number of aliphatic hydroxyl groups excluding tert-OH is 1. The van der Waals surface area contributed by atoms with Gasteiger partial charge in [0.2, 0.25) is 0 Å². The summed E-state index contributed by atoms with van der Waals surface area (Å²) in [7, 11) is 0. The van der Waals surface area contributed by atoms with Gasteiger partial charge in [0.15, 0.2) is 0 Å². The summed E-state index contributed by atoms with van der Waals surface area (Å²) >= 11 is 0. The van der Waals surface area contributed by atoms with Crippen LogP contribution in [0.3, 0.4) is 0 Å². The molecule has 2 heterocycles. The lowest BCUT2D eigenvalue weighted by molar-refractivity contribution is -0.137. The van der Waals surface area contributed by atoms with E-state index in [1.54, 1.807) is 29.2 Å². The molecule has 2 saturated heterocycles. The second-order valence-corrected chi connectivity index (χ2v) is 9.18. The van der Waals surface area contributed by atoms with Gasteiger partial charge in [0.25, 0.3) is 5.91 Å². The molecular weight excluding hydrogens is 459 g/mol. The monoisotopic (exact) mass is 487 g/mol. The van der Waals surface area contributed by atoms with Crippen LogP contribution in [0.2, 0.25) is 0 Å². The molecule has 0 aliphatic carbocycles. The largest absolute Gasteiger partial charge is 0.493 e. The van der Waals surface area contributed by atoms with Gasteiger partial charge in [-0.2, -0.15) is 18.4 Å². The SMILES string of the molecule is CCOc1ccccc1C(=O)N1CCC2(CC1)CN(c1ccc(C#N)c(C(F)(F)F)c1)CC2CO. The highest BCUT2D eigenvalue weighted by Crippen LogP contribution is 2.47. The number of aliphatic hydroxyl groups is 1. The number of halogens is 3. The maximum atomic E-state index is 13.5. The van der Waals surface area contributed by atoms with E-state index in [1.807, 2.05) is 17.9 Å². The van der Waals surface area contributed by atoms with E-state index in [9.17, 15) is 23.1 Å². The standard InChI is InChI=1S/C26H28F3N3O3/c1-2-35-23-6-4-3-5-21(23)24(34)31-11-9-25(10-12-31)17-32(15-19(25)16-33)20-8-7-18(14-30)22(13-20)26(27,28)29/h3-8,13,19,33H,2,9-12,15-17H2,1H3. The van der Waals surface area contributed by atoms with Crippen LogP contribution in [-0.4, -0.2) is 55.3 Å². The van der Waals surface area contributed by atoms with Gasteiger partial charge in [-0.3, -0.25) is 4.79 Å². The van der Waals surface area contributed by atoms with Gasteiger partial charge in [0, 0.05) is 44.4 Å². The van der Waals surface area contributed by atoms with E-state index < -0.39 is 17.3 Å². The van der Waals surface area contributed by atoms with Gasteiger partial charge in [-0.05, 0) is 55.5 Å².